The normalized spacial score (nSPS) is 26.0. The van der Waals surface area contributed by atoms with E-state index >= 15 is 0 Å². The molecule has 22 heavy (non-hydrogen) atoms. The van der Waals surface area contributed by atoms with E-state index in [1.54, 1.807) is 4.90 Å². The van der Waals surface area contributed by atoms with Crippen LogP contribution in [0.5, 0.6) is 0 Å². The maximum absolute atomic E-state index is 13.7. The molecule has 1 heterocycles. The van der Waals surface area contributed by atoms with Gasteiger partial charge < -0.3 is 4.90 Å². The largest absolute Gasteiger partial charge is 0.340 e. The van der Waals surface area contributed by atoms with E-state index in [0.29, 0.717) is 19.0 Å². The van der Waals surface area contributed by atoms with Crippen LogP contribution in [0.15, 0.2) is 29.2 Å². The summed E-state index contributed by atoms with van der Waals surface area (Å²) in [6, 6.07) is 5.38. The van der Waals surface area contributed by atoms with Crippen LogP contribution in [0, 0.1) is 17.7 Å². The van der Waals surface area contributed by atoms with Crippen LogP contribution in [0.4, 0.5) is 4.39 Å². The van der Waals surface area contributed by atoms with Gasteiger partial charge in [-0.1, -0.05) is 19.1 Å². The summed E-state index contributed by atoms with van der Waals surface area (Å²) >= 11 is 0. The molecular weight excluding hydrogens is 307 g/mol. The summed E-state index contributed by atoms with van der Waals surface area (Å²) in [5, 5.41) is 0. The average molecular weight is 326 g/mol. The molecule has 1 amide bonds. The second-order valence-corrected chi connectivity index (χ2v) is 7.89. The first-order chi connectivity index (χ1) is 10.4. The number of piperazine rings is 1. The van der Waals surface area contributed by atoms with Crippen LogP contribution in [-0.4, -0.2) is 49.7 Å². The van der Waals surface area contributed by atoms with E-state index in [-0.39, 0.29) is 29.8 Å². The number of hydrogen-bond donors (Lipinski definition) is 0. The fourth-order valence-corrected chi connectivity index (χ4v) is 4.33. The first-order valence-electron chi connectivity index (χ1n) is 7.44. The number of carbonyl (C=O) groups is 1. The predicted molar refractivity (Wildman–Crippen MR) is 79.0 cm³/mol. The van der Waals surface area contributed by atoms with E-state index in [1.165, 1.54) is 22.5 Å². The number of halogens is 1. The highest BCUT2D eigenvalue weighted by Gasteiger charge is 2.42. The van der Waals surface area contributed by atoms with Gasteiger partial charge in [0.2, 0.25) is 15.9 Å². The zero-order valence-corrected chi connectivity index (χ0v) is 13.2. The smallest absolute Gasteiger partial charge is 0.246 e. The van der Waals surface area contributed by atoms with Crippen molar-refractivity contribution in [1.29, 1.82) is 0 Å². The molecule has 120 valence electrons. The van der Waals surface area contributed by atoms with Crippen molar-refractivity contribution in [2.75, 3.05) is 26.2 Å². The lowest BCUT2D eigenvalue weighted by Crippen LogP contribution is -2.51. The van der Waals surface area contributed by atoms with Crippen LogP contribution in [0.25, 0.3) is 0 Å². The Bertz CT molecular complexity index is 684. The third kappa shape index (κ3) is 2.75. The number of benzene rings is 1. The Morgan fingerprint density at radius 1 is 1.18 bits per heavy atom. The highest BCUT2D eigenvalue weighted by Crippen LogP contribution is 2.39. The summed E-state index contributed by atoms with van der Waals surface area (Å²) in [6.07, 6.45) is 0.923. The van der Waals surface area contributed by atoms with E-state index in [2.05, 4.69) is 0 Å². The number of carbonyl (C=O) groups excluding carboxylic acids is 1. The van der Waals surface area contributed by atoms with Gasteiger partial charge in [0.05, 0.1) is 0 Å². The maximum Gasteiger partial charge on any atom is 0.246 e. The fourth-order valence-electron chi connectivity index (χ4n) is 2.84. The number of hydrogen-bond acceptors (Lipinski definition) is 3. The second kappa shape index (κ2) is 5.62. The Morgan fingerprint density at radius 2 is 1.77 bits per heavy atom. The molecular formula is C15H19FN2O3S. The SMILES string of the molecule is C[C@H]1C[C@@H]1C(=O)N1CCN(S(=O)(=O)c2ccccc2F)CC1. The van der Waals surface area contributed by atoms with Gasteiger partial charge >= 0.3 is 0 Å². The molecule has 0 unspecified atom stereocenters. The quantitative estimate of drug-likeness (QED) is 0.842. The molecule has 1 aliphatic carbocycles. The molecule has 0 aromatic heterocycles. The van der Waals surface area contributed by atoms with Crippen molar-refractivity contribution in [1.82, 2.24) is 9.21 Å². The molecule has 2 aliphatic rings. The first-order valence-corrected chi connectivity index (χ1v) is 8.88. The first kappa shape index (κ1) is 15.4. The summed E-state index contributed by atoms with van der Waals surface area (Å²) in [6.45, 7) is 3.21. The minimum absolute atomic E-state index is 0.106. The topological polar surface area (TPSA) is 57.7 Å². The molecule has 0 bridgehead atoms. The third-order valence-corrected chi connectivity index (χ3v) is 6.36. The van der Waals surface area contributed by atoms with Crippen LogP contribution >= 0.6 is 0 Å². The molecule has 2 fully saturated rings. The Hall–Kier alpha value is -1.47. The molecule has 0 N–H and O–H groups in total. The summed E-state index contributed by atoms with van der Waals surface area (Å²) in [7, 11) is -3.84. The highest BCUT2D eigenvalue weighted by atomic mass is 32.2. The van der Waals surface area contributed by atoms with Gasteiger partial charge in [-0.25, -0.2) is 12.8 Å². The lowest BCUT2D eigenvalue weighted by molar-refractivity contribution is -0.134. The maximum atomic E-state index is 13.7. The van der Waals surface area contributed by atoms with E-state index in [0.717, 1.165) is 12.5 Å². The van der Waals surface area contributed by atoms with Crippen molar-refractivity contribution in [2.45, 2.75) is 18.2 Å². The van der Waals surface area contributed by atoms with Gasteiger partial charge in [-0.05, 0) is 24.5 Å². The molecule has 5 nitrogen and oxygen atoms in total. The molecule has 1 saturated heterocycles. The van der Waals surface area contributed by atoms with Gasteiger partial charge in [-0.3, -0.25) is 4.79 Å². The van der Waals surface area contributed by atoms with Crippen LogP contribution in [0.2, 0.25) is 0 Å². The van der Waals surface area contributed by atoms with E-state index in [4.69, 9.17) is 0 Å². The van der Waals surface area contributed by atoms with Crippen molar-refractivity contribution < 1.29 is 17.6 Å². The predicted octanol–water partition coefficient (Wildman–Crippen LogP) is 1.31. The van der Waals surface area contributed by atoms with Gasteiger partial charge in [0.15, 0.2) is 0 Å². The molecule has 1 aromatic carbocycles. The van der Waals surface area contributed by atoms with Gasteiger partial charge in [0.1, 0.15) is 10.7 Å². The standard InChI is InChI=1S/C15H19FN2O3S/c1-11-10-12(11)15(19)17-6-8-18(9-7-17)22(20,21)14-5-3-2-4-13(14)16/h2-5,11-12H,6-10H2,1H3/t11-,12-/m0/s1. The average Bonchev–Trinajstić information content (AvgIpc) is 3.24. The monoisotopic (exact) mass is 326 g/mol. The minimum Gasteiger partial charge on any atom is -0.340 e. The van der Waals surface area contributed by atoms with Crippen LogP contribution in [0.1, 0.15) is 13.3 Å². The Morgan fingerprint density at radius 3 is 2.32 bits per heavy atom. The Balaban J connectivity index is 1.68. The lowest BCUT2D eigenvalue weighted by Gasteiger charge is -2.34. The lowest BCUT2D eigenvalue weighted by atomic mass is 10.2. The van der Waals surface area contributed by atoms with Crippen molar-refractivity contribution in [3.8, 4) is 0 Å². The summed E-state index contributed by atoms with van der Waals surface area (Å²) in [5.74, 6) is -0.0781. The molecule has 2 atom stereocenters. The molecule has 3 rings (SSSR count). The van der Waals surface area contributed by atoms with Crippen LogP contribution < -0.4 is 0 Å². The summed E-state index contributed by atoms with van der Waals surface area (Å²) in [4.78, 5) is 13.6. The number of nitrogens with zero attached hydrogens (tertiary/aromatic N) is 2. The van der Waals surface area contributed by atoms with E-state index in [9.17, 15) is 17.6 Å². The minimum atomic E-state index is -3.84. The van der Waals surface area contributed by atoms with Gasteiger partial charge in [0.25, 0.3) is 0 Å². The number of rotatable bonds is 3. The van der Waals surface area contributed by atoms with Gasteiger partial charge in [0, 0.05) is 32.1 Å². The number of amides is 1. The Labute approximate surface area is 129 Å². The van der Waals surface area contributed by atoms with Gasteiger partial charge in [-0.15, -0.1) is 0 Å². The second-order valence-electron chi connectivity index (χ2n) is 5.98. The highest BCUT2D eigenvalue weighted by molar-refractivity contribution is 7.89. The molecule has 1 saturated carbocycles. The molecule has 1 aromatic rings. The molecule has 7 heteroatoms. The Kier molecular flexibility index (Phi) is 3.94. The van der Waals surface area contributed by atoms with E-state index < -0.39 is 15.8 Å². The van der Waals surface area contributed by atoms with E-state index in [1.807, 2.05) is 6.92 Å². The zero-order chi connectivity index (χ0) is 15.9. The third-order valence-electron chi connectivity index (χ3n) is 4.43. The summed E-state index contributed by atoms with van der Waals surface area (Å²) in [5.41, 5.74) is 0. The number of sulfonamides is 1. The van der Waals surface area contributed by atoms with Crippen molar-refractivity contribution in [2.24, 2.45) is 11.8 Å². The van der Waals surface area contributed by atoms with Crippen LogP contribution in [-0.2, 0) is 14.8 Å². The van der Waals surface area contributed by atoms with Gasteiger partial charge in [-0.2, -0.15) is 4.31 Å². The molecule has 0 radical (unpaired) electrons. The van der Waals surface area contributed by atoms with Crippen molar-refractivity contribution in [3.63, 3.8) is 0 Å². The van der Waals surface area contributed by atoms with Crippen molar-refractivity contribution >= 4 is 15.9 Å². The van der Waals surface area contributed by atoms with Crippen molar-refractivity contribution in [3.05, 3.63) is 30.1 Å². The van der Waals surface area contributed by atoms with Crippen LogP contribution in [0.3, 0.4) is 0 Å². The molecule has 1 aliphatic heterocycles. The zero-order valence-electron chi connectivity index (χ0n) is 12.4. The molecule has 0 spiro atoms. The fraction of sp³-hybridized carbons (Fsp3) is 0.533. The summed E-state index contributed by atoms with van der Waals surface area (Å²) < 4.78 is 39.9.